The van der Waals surface area contributed by atoms with Crippen molar-refractivity contribution in [3.8, 4) is 5.75 Å². The maximum absolute atomic E-state index is 12.6. The maximum atomic E-state index is 12.6. The molecule has 2 atom stereocenters. The van der Waals surface area contributed by atoms with Gasteiger partial charge >= 0.3 is 13.5 Å². The molecule has 2 aromatic rings. The molecule has 2 N–H and O–H groups in total. The summed E-state index contributed by atoms with van der Waals surface area (Å²) in [6, 6.07) is 11.0. The van der Waals surface area contributed by atoms with Crippen molar-refractivity contribution in [2.24, 2.45) is 0 Å². The van der Waals surface area contributed by atoms with Crippen molar-refractivity contribution < 1.29 is 24.1 Å². The fraction of sp³-hybridized carbons (Fsp3) is 0.364. The molecule has 1 aliphatic heterocycles. The molecule has 29 heavy (non-hydrogen) atoms. The molecule has 0 aromatic heterocycles. The van der Waals surface area contributed by atoms with Crippen LogP contribution in [0.25, 0.3) is 0 Å². The molecule has 1 heterocycles. The Bertz CT molecular complexity index is 914. The van der Waals surface area contributed by atoms with Crippen LogP contribution in [0, 0.1) is 6.92 Å². The molecular formula is C22H25BNO5. The lowest BCUT2D eigenvalue weighted by atomic mass is 9.86. The Morgan fingerprint density at radius 1 is 1.28 bits per heavy atom. The van der Waals surface area contributed by atoms with Gasteiger partial charge in [-0.2, -0.15) is 0 Å². The van der Waals surface area contributed by atoms with E-state index in [1.807, 2.05) is 44.2 Å². The van der Waals surface area contributed by atoms with Crippen LogP contribution >= 0.6 is 0 Å². The molecule has 1 amide bonds. The molecule has 151 valence electrons. The largest absolute Gasteiger partial charge is 0.497 e. The minimum atomic E-state index is -0.872. The molecule has 3 rings (SSSR count). The van der Waals surface area contributed by atoms with E-state index in [2.05, 4.69) is 5.32 Å². The number of ether oxygens (including phenoxy) is 1. The van der Waals surface area contributed by atoms with Crippen molar-refractivity contribution in [1.82, 2.24) is 5.32 Å². The Labute approximate surface area is 171 Å². The van der Waals surface area contributed by atoms with Gasteiger partial charge in [-0.15, -0.1) is 0 Å². The third kappa shape index (κ3) is 5.38. The molecule has 0 bridgehead atoms. The number of hydrogen-bond donors (Lipinski definition) is 2. The van der Waals surface area contributed by atoms with Crippen LogP contribution in [0.15, 0.2) is 36.4 Å². The summed E-state index contributed by atoms with van der Waals surface area (Å²) < 4.78 is 10.6. The van der Waals surface area contributed by atoms with Crippen molar-refractivity contribution in [2.75, 3.05) is 7.11 Å². The number of aliphatic carboxylic acids is 1. The van der Waals surface area contributed by atoms with Crippen LogP contribution in [-0.4, -0.2) is 37.6 Å². The van der Waals surface area contributed by atoms with E-state index in [9.17, 15) is 14.7 Å². The van der Waals surface area contributed by atoms with Crippen molar-refractivity contribution in [2.45, 2.75) is 45.3 Å². The predicted molar refractivity (Wildman–Crippen MR) is 111 cm³/mol. The van der Waals surface area contributed by atoms with Gasteiger partial charge < -0.3 is 19.8 Å². The molecule has 0 spiro atoms. The zero-order valence-corrected chi connectivity index (χ0v) is 16.9. The van der Waals surface area contributed by atoms with Gasteiger partial charge in [-0.25, -0.2) is 0 Å². The monoisotopic (exact) mass is 394 g/mol. The van der Waals surface area contributed by atoms with Gasteiger partial charge in [0.1, 0.15) is 5.75 Å². The standard InChI is InChI=1S/C22H25BNO5/c1-13-6-17(9-19(7-13)28-3)18(11-21(25)26)8-14(2)24-22(27)15-4-5-16-12-29-23-20(16)10-15/h4-7,9-10,14,18H,8,11-12H2,1-3H3,(H,24,27)(H,25,26). The molecule has 0 aliphatic carbocycles. The summed E-state index contributed by atoms with van der Waals surface area (Å²) in [7, 11) is 3.25. The molecular weight excluding hydrogens is 369 g/mol. The van der Waals surface area contributed by atoms with Crippen LogP contribution in [0.3, 0.4) is 0 Å². The van der Waals surface area contributed by atoms with Gasteiger partial charge in [0.25, 0.3) is 5.91 Å². The predicted octanol–water partition coefficient (Wildman–Crippen LogP) is 2.55. The van der Waals surface area contributed by atoms with E-state index < -0.39 is 5.97 Å². The Balaban J connectivity index is 1.71. The van der Waals surface area contributed by atoms with Gasteiger partial charge in [-0.05, 0) is 66.5 Å². The number of rotatable bonds is 8. The number of fused-ring (bicyclic) bond motifs is 1. The van der Waals surface area contributed by atoms with Crippen molar-refractivity contribution in [3.63, 3.8) is 0 Å². The average molecular weight is 394 g/mol. The summed E-state index contributed by atoms with van der Waals surface area (Å²) in [6.07, 6.45) is 0.489. The first-order valence-corrected chi connectivity index (χ1v) is 9.61. The van der Waals surface area contributed by atoms with E-state index in [0.717, 1.165) is 22.2 Å². The van der Waals surface area contributed by atoms with E-state index in [1.165, 1.54) is 0 Å². The zero-order chi connectivity index (χ0) is 21.0. The van der Waals surface area contributed by atoms with Crippen LogP contribution in [0.5, 0.6) is 5.75 Å². The van der Waals surface area contributed by atoms with Crippen molar-refractivity contribution >= 4 is 24.8 Å². The molecule has 6 nitrogen and oxygen atoms in total. The smallest absolute Gasteiger partial charge is 0.330 e. The molecule has 1 radical (unpaired) electrons. The number of hydrogen-bond acceptors (Lipinski definition) is 4. The first kappa shape index (κ1) is 20.9. The lowest BCUT2D eigenvalue weighted by Crippen LogP contribution is -2.34. The topological polar surface area (TPSA) is 84.9 Å². The highest BCUT2D eigenvalue weighted by Crippen LogP contribution is 2.29. The first-order valence-electron chi connectivity index (χ1n) is 9.61. The third-order valence-electron chi connectivity index (χ3n) is 5.07. The van der Waals surface area contributed by atoms with Gasteiger partial charge in [-0.3, -0.25) is 9.59 Å². The van der Waals surface area contributed by atoms with E-state index in [0.29, 0.717) is 24.3 Å². The highest BCUT2D eigenvalue weighted by atomic mass is 16.5. The van der Waals surface area contributed by atoms with Crippen molar-refractivity contribution in [1.29, 1.82) is 0 Å². The molecule has 0 saturated heterocycles. The summed E-state index contributed by atoms with van der Waals surface area (Å²) in [4.78, 5) is 24.1. The number of methoxy groups -OCH3 is 1. The third-order valence-corrected chi connectivity index (χ3v) is 5.07. The fourth-order valence-corrected chi connectivity index (χ4v) is 3.67. The number of carbonyl (C=O) groups excluding carboxylic acids is 1. The summed E-state index contributed by atoms with van der Waals surface area (Å²) in [5.74, 6) is -0.596. The molecule has 7 heteroatoms. The van der Waals surface area contributed by atoms with Crippen LogP contribution in [0.2, 0.25) is 0 Å². The van der Waals surface area contributed by atoms with Crippen LogP contribution < -0.4 is 15.5 Å². The van der Waals surface area contributed by atoms with E-state index in [1.54, 1.807) is 20.7 Å². The highest BCUT2D eigenvalue weighted by Gasteiger charge is 2.22. The summed E-state index contributed by atoms with van der Waals surface area (Å²) in [5.41, 5.74) is 4.44. The normalized spacial score (nSPS) is 14.4. The Morgan fingerprint density at radius 2 is 2.07 bits per heavy atom. The van der Waals surface area contributed by atoms with E-state index >= 15 is 0 Å². The lowest BCUT2D eigenvalue weighted by molar-refractivity contribution is -0.137. The van der Waals surface area contributed by atoms with Crippen molar-refractivity contribution in [3.05, 3.63) is 58.7 Å². The van der Waals surface area contributed by atoms with Crippen LogP contribution in [0.1, 0.15) is 52.7 Å². The number of benzene rings is 2. The van der Waals surface area contributed by atoms with E-state index in [-0.39, 0.29) is 24.3 Å². The number of carboxylic acid groups (broad SMARTS) is 1. The van der Waals surface area contributed by atoms with Gasteiger partial charge in [-0.1, -0.05) is 18.2 Å². The summed E-state index contributed by atoms with van der Waals surface area (Å²) in [5, 5.41) is 12.4. The minimum Gasteiger partial charge on any atom is -0.497 e. The van der Waals surface area contributed by atoms with Gasteiger partial charge in [0.2, 0.25) is 0 Å². The SMILES string of the molecule is COc1cc(C)cc(C(CC(=O)O)CC(C)NC(=O)c2ccc3c(c2)[B]OC3)c1. The van der Waals surface area contributed by atoms with Crippen LogP contribution in [-0.2, 0) is 16.1 Å². The van der Waals surface area contributed by atoms with Gasteiger partial charge in [0.15, 0.2) is 0 Å². The number of carbonyl (C=O) groups is 2. The fourth-order valence-electron chi connectivity index (χ4n) is 3.67. The number of nitrogens with one attached hydrogen (secondary N) is 1. The molecule has 0 saturated carbocycles. The Kier molecular flexibility index (Phi) is 6.59. The van der Waals surface area contributed by atoms with Gasteiger partial charge in [0, 0.05) is 11.6 Å². The second kappa shape index (κ2) is 9.14. The maximum Gasteiger partial charge on any atom is 0.330 e. The number of carboxylic acids is 1. The lowest BCUT2D eigenvalue weighted by Gasteiger charge is -2.22. The Hall–Kier alpha value is -2.80. The molecule has 2 unspecified atom stereocenters. The van der Waals surface area contributed by atoms with E-state index in [4.69, 9.17) is 9.39 Å². The minimum absolute atomic E-state index is 0.0159. The second-order valence-corrected chi connectivity index (χ2v) is 7.53. The summed E-state index contributed by atoms with van der Waals surface area (Å²) in [6.45, 7) is 4.37. The highest BCUT2D eigenvalue weighted by molar-refractivity contribution is 6.49. The Morgan fingerprint density at radius 3 is 2.79 bits per heavy atom. The summed E-state index contributed by atoms with van der Waals surface area (Å²) >= 11 is 0. The second-order valence-electron chi connectivity index (χ2n) is 7.53. The zero-order valence-electron chi connectivity index (χ0n) is 16.9. The number of aryl methyl sites for hydroxylation is 1. The first-order chi connectivity index (χ1) is 13.9. The number of amides is 1. The van der Waals surface area contributed by atoms with Crippen LogP contribution in [0.4, 0.5) is 0 Å². The quantitative estimate of drug-likeness (QED) is 0.673. The molecule has 0 fully saturated rings. The van der Waals surface area contributed by atoms with Gasteiger partial charge in [0.05, 0.1) is 20.1 Å². The molecule has 1 aliphatic rings. The molecule has 2 aromatic carbocycles. The average Bonchev–Trinajstić information content (AvgIpc) is 3.14.